The van der Waals surface area contributed by atoms with Crippen LogP contribution in [-0.2, 0) is 16.1 Å². The molecule has 1 unspecified atom stereocenters. The first-order valence-corrected chi connectivity index (χ1v) is 10.3. The van der Waals surface area contributed by atoms with Crippen LogP contribution in [0.15, 0.2) is 29.3 Å². The molecule has 0 radical (unpaired) electrons. The molecule has 0 spiro atoms. The fourth-order valence-corrected chi connectivity index (χ4v) is 3.37. The number of imidazole rings is 1. The third kappa shape index (κ3) is 6.83. The first-order valence-electron chi connectivity index (χ1n) is 10.3. The maximum atomic E-state index is 11.9. The van der Waals surface area contributed by atoms with E-state index in [1.165, 1.54) is 0 Å². The highest BCUT2D eigenvalue weighted by Crippen LogP contribution is 2.15. The van der Waals surface area contributed by atoms with Gasteiger partial charge in [-0.15, -0.1) is 24.0 Å². The summed E-state index contributed by atoms with van der Waals surface area (Å²) in [5.41, 5.74) is 2.19. The first kappa shape index (κ1) is 24.4. The lowest BCUT2D eigenvalue weighted by atomic mass is 10.1. The number of aliphatic imine (C=N–C) groups is 1. The van der Waals surface area contributed by atoms with Gasteiger partial charge >= 0.3 is 0 Å². The van der Waals surface area contributed by atoms with Crippen LogP contribution < -0.4 is 10.6 Å². The Morgan fingerprint density at radius 1 is 1.33 bits per heavy atom. The number of hydrogen-bond acceptors (Lipinski definition) is 4. The molecule has 2 heterocycles. The second kappa shape index (κ2) is 12.1. The molecule has 1 amide bonds. The zero-order chi connectivity index (χ0) is 20.6. The summed E-state index contributed by atoms with van der Waals surface area (Å²) in [6.07, 6.45) is 1.99. The number of fused-ring (bicyclic) bond motifs is 1. The van der Waals surface area contributed by atoms with Crippen LogP contribution in [0.3, 0.4) is 0 Å². The summed E-state index contributed by atoms with van der Waals surface area (Å²) in [6, 6.07) is 8.20. The van der Waals surface area contributed by atoms with Gasteiger partial charge in [0.2, 0.25) is 5.91 Å². The number of likely N-dealkylation sites (N-methyl/N-ethyl adjacent to an activating group) is 1. The van der Waals surface area contributed by atoms with Crippen molar-refractivity contribution < 1.29 is 9.53 Å². The van der Waals surface area contributed by atoms with Crippen molar-refractivity contribution in [3.05, 3.63) is 30.1 Å². The molecule has 9 heteroatoms. The number of halogens is 1. The number of rotatable bonds is 8. The maximum absolute atomic E-state index is 11.9. The minimum Gasteiger partial charge on any atom is -0.381 e. The van der Waals surface area contributed by atoms with Crippen LogP contribution in [-0.4, -0.2) is 73.3 Å². The van der Waals surface area contributed by atoms with E-state index in [2.05, 4.69) is 31.2 Å². The summed E-state index contributed by atoms with van der Waals surface area (Å²) in [5, 5.41) is 6.72. The van der Waals surface area contributed by atoms with E-state index in [0.717, 1.165) is 62.5 Å². The van der Waals surface area contributed by atoms with Crippen molar-refractivity contribution in [2.24, 2.45) is 10.9 Å². The van der Waals surface area contributed by atoms with Crippen molar-refractivity contribution in [2.45, 2.75) is 26.3 Å². The van der Waals surface area contributed by atoms with Crippen molar-refractivity contribution in [1.82, 2.24) is 25.1 Å². The van der Waals surface area contributed by atoms with Gasteiger partial charge in [-0.25, -0.2) is 9.98 Å². The van der Waals surface area contributed by atoms with Gasteiger partial charge in [-0.3, -0.25) is 4.79 Å². The normalized spacial score (nSPS) is 16.4. The number of amides is 1. The SMILES string of the molecule is Cc1nc2ccccc2n1CCCNC(=NCC(=O)N(C)C)NCC1CCOC1.I. The molecule has 1 saturated heterocycles. The number of benzene rings is 1. The molecular formula is C21H33IN6O2. The van der Waals surface area contributed by atoms with E-state index in [1.54, 1.807) is 19.0 Å². The van der Waals surface area contributed by atoms with E-state index >= 15 is 0 Å². The monoisotopic (exact) mass is 528 g/mol. The number of aromatic nitrogens is 2. The second-order valence-corrected chi connectivity index (χ2v) is 7.64. The average molecular weight is 528 g/mol. The van der Waals surface area contributed by atoms with Gasteiger partial charge in [-0.2, -0.15) is 0 Å². The smallest absolute Gasteiger partial charge is 0.243 e. The highest BCUT2D eigenvalue weighted by molar-refractivity contribution is 14.0. The lowest BCUT2D eigenvalue weighted by Crippen LogP contribution is -2.41. The van der Waals surface area contributed by atoms with E-state index in [4.69, 9.17) is 4.74 Å². The Balaban J connectivity index is 0.00000320. The van der Waals surface area contributed by atoms with Crippen molar-refractivity contribution in [1.29, 1.82) is 0 Å². The lowest BCUT2D eigenvalue weighted by molar-refractivity contribution is -0.127. The van der Waals surface area contributed by atoms with Gasteiger partial charge in [-0.1, -0.05) is 12.1 Å². The number of ether oxygens (including phenoxy) is 1. The molecule has 1 aromatic carbocycles. The molecule has 2 aromatic rings. The van der Waals surface area contributed by atoms with Crippen LogP contribution in [0.25, 0.3) is 11.0 Å². The van der Waals surface area contributed by atoms with Gasteiger partial charge < -0.3 is 24.8 Å². The van der Waals surface area contributed by atoms with Crippen LogP contribution in [0.5, 0.6) is 0 Å². The molecule has 1 aromatic heterocycles. The van der Waals surface area contributed by atoms with Crippen LogP contribution in [0, 0.1) is 12.8 Å². The van der Waals surface area contributed by atoms with Crippen molar-refractivity contribution >= 4 is 46.9 Å². The molecule has 2 N–H and O–H groups in total. The maximum Gasteiger partial charge on any atom is 0.243 e. The van der Waals surface area contributed by atoms with Crippen LogP contribution in [0.4, 0.5) is 0 Å². The Labute approximate surface area is 195 Å². The van der Waals surface area contributed by atoms with Crippen molar-refractivity contribution in [2.75, 3.05) is 46.9 Å². The molecule has 166 valence electrons. The topological polar surface area (TPSA) is 83.8 Å². The summed E-state index contributed by atoms with van der Waals surface area (Å²) in [6.45, 7) is 6.21. The Bertz CT molecular complexity index is 845. The van der Waals surface area contributed by atoms with Gasteiger partial charge in [0.15, 0.2) is 5.96 Å². The lowest BCUT2D eigenvalue weighted by Gasteiger charge is -2.16. The predicted molar refractivity (Wildman–Crippen MR) is 130 cm³/mol. The summed E-state index contributed by atoms with van der Waals surface area (Å²) in [7, 11) is 3.48. The summed E-state index contributed by atoms with van der Waals surface area (Å²) < 4.78 is 7.68. The highest BCUT2D eigenvalue weighted by Gasteiger charge is 2.16. The van der Waals surface area contributed by atoms with Gasteiger partial charge in [0.1, 0.15) is 12.4 Å². The summed E-state index contributed by atoms with van der Waals surface area (Å²) in [5.74, 6) is 2.18. The number of carbonyl (C=O) groups is 1. The minimum absolute atomic E-state index is 0. The van der Waals surface area contributed by atoms with Crippen LogP contribution in [0.2, 0.25) is 0 Å². The number of aryl methyl sites for hydroxylation is 2. The zero-order valence-corrected chi connectivity index (χ0v) is 20.4. The zero-order valence-electron chi connectivity index (χ0n) is 18.1. The van der Waals surface area contributed by atoms with Gasteiger partial charge in [0.05, 0.1) is 17.6 Å². The van der Waals surface area contributed by atoms with Gasteiger partial charge in [0.25, 0.3) is 0 Å². The van der Waals surface area contributed by atoms with Crippen molar-refractivity contribution in [3.63, 3.8) is 0 Å². The average Bonchev–Trinajstić information content (AvgIpc) is 3.33. The van der Waals surface area contributed by atoms with E-state index in [1.807, 2.05) is 25.1 Å². The third-order valence-electron chi connectivity index (χ3n) is 5.15. The molecule has 3 rings (SSSR count). The molecule has 1 atom stereocenters. The standard InChI is InChI=1S/C21H32N6O2.HI/c1-16-25-18-7-4-5-8-19(18)27(16)11-6-10-22-21(24-14-20(28)26(2)3)23-13-17-9-12-29-15-17;/h4-5,7-8,17H,6,9-15H2,1-3H3,(H2,22,23,24);1H. The number of carbonyl (C=O) groups excluding carboxylic acids is 1. The van der Waals surface area contributed by atoms with Crippen molar-refractivity contribution in [3.8, 4) is 0 Å². The minimum atomic E-state index is -0.0178. The second-order valence-electron chi connectivity index (χ2n) is 7.64. The Hall–Kier alpha value is -1.88. The van der Waals surface area contributed by atoms with E-state index in [-0.39, 0.29) is 36.4 Å². The fourth-order valence-electron chi connectivity index (χ4n) is 3.37. The van der Waals surface area contributed by atoms with E-state index in [0.29, 0.717) is 11.9 Å². The number of guanidine groups is 1. The molecule has 1 aliphatic rings. The van der Waals surface area contributed by atoms with E-state index < -0.39 is 0 Å². The molecule has 0 aliphatic carbocycles. The molecule has 0 bridgehead atoms. The van der Waals surface area contributed by atoms with E-state index in [9.17, 15) is 4.79 Å². The molecule has 1 aliphatic heterocycles. The molecule has 8 nitrogen and oxygen atoms in total. The Kier molecular flexibility index (Phi) is 9.83. The fraction of sp³-hybridized carbons (Fsp3) is 0.571. The third-order valence-corrected chi connectivity index (χ3v) is 5.15. The van der Waals surface area contributed by atoms with Crippen LogP contribution in [0.1, 0.15) is 18.7 Å². The number of para-hydroxylation sites is 2. The molecular weight excluding hydrogens is 495 g/mol. The Morgan fingerprint density at radius 2 is 2.13 bits per heavy atom. The number of nitrogens with zero attached hydrogens (tertiary/aromatic N) is 4. The quantitative estimate of drug-likeness (QED) is 0.237. The first-order chi connectivity index (χ1) is 14.0. The summed E-state index contributed by atoms with van der Waals surface area (Å²) in [4.78, 5) is 22.5. The summed E-state index contributed by atoms with van der Waals surface area (Å²) >= 11 is 0. The molecule has 1 fully saturated rings. The predicted octanol–water partition coefficient (Wildman–Crippen LogP) is 2.01. The van der Waals surface area contributed by atoms with Gasteiger partial charge in [0, 0.05) is 46.3 Å². The molecule has 30 heavy (non-hydrogen) atoms. The highest BCUT2D eigenvalue weighted by atomic mass is 127. The largest absolute Gasteiger partial charge is 0.381 e. The Morgan fingerprint density at radius 3 is 2.87 bits per heavy atom. The van der Waals surface area contributed by atoms with Gasteiger partial charge in [-0.05, 0) is 31.9 Å². The number of hydrogen-bond donors (Lipinski definition) is 2. The number of nitrogens with one attached hydrogen (secondary N) is 2. The van der Waals surface area contributed by atoms with Crippen LogP contribution >= 0.6 is 24.0 Å². The molecule has 0 saturated carbocycles.